The van der Waals surface area contributed by atoms with Crippen LogP contribution in [0.25, 0.3) is 0 Å². The van der Waals surface area contributed by atoms with E-state index in [-0.39, 0.29) is 23.4 Å². The van der Waals surface area contributed by atoms with Crippen LogP contribution in [0.2, 0.25) is 0 Å². The maximum atomic E-state index is 11.4. The summed E-state index contributed by atoms with van der Waals surface area (Å²) in [6.07, 6.45) is 1.56. The molecule has 0 aliphatic rings. The molecular weight excluding hydrogens is 204 g/mol. The van der Waals surface area contributed by atoms with Crippen LogP contribution in [0.1, 0.15) is 53.9 Å². The maximum Gasteiger partial charge on any atom is 0.220 e. The van der Waals surface area contributed by atoms with Crippen LogP contribution in [-0.4, -0.2) is 23.4 Å². The summed E-state index contributed by atoms with van der Waals surface area (Å²) in [6, 6.07) is 0.167. The first-order valence-corrected chi connectivity index (χ1v) is 5.87. The van der Waals surface area contributed by atoms with Crippen LogP contribution in [0, 0.1) is 0 Å². The summed E-state index contributed by atoms with van der Waals surface area (Å²) in [7, 11) is 0. The average Bonchev–Trinajstić information content (AvgIpc) is 2.13. The number of hydrogen-bond donors (Lipinski definition) is 2. The fourth-order valence-electron chi connectivity index (χ4n) is 1.35. The lowest BCUT2D eigenvalue weighted by Gasteiger charge is -2.26. The summed E-state index contributed by atoms with van der Waals surface area (Å²) in [5, 5.41) is 5.73. The average molecular weight is 228 g/mol. The van der Waals surface area contributed by atoms with Crippen molar-refractivity contribution < 1.29 is 9.59 Å². The molecule has 0 aromatic heterocycles. The van der Waals surface area contributed by atoms with Gasteiger partial charge < -0.3 is 10.6 Å². The van der Waals surface area contributed by atoms with Crippen molar-refractivity contribution in [1.82, 2.24) is 10.6 Å². The molecule has 0 saturated carbocycles. The van der Waals surface area contributed by atoms with Crippen molar-refractivity contribution in [1.29, 1.82) is 0 Å². The Morgan fingerprint density at radius 2 is 1.75 bits per heavy atom. The van der Waals surface area contributed by atoms with E-state index in [1.54, 1.807) is 0 Å². The maximum absolute atomic E-state index is 11.4. The second-order valence-corrected chi connectivity index (χ2v) is 5.01. The van der Waals surface area contributed by atoms with Crippen molar-refractivity contribution in [3.05, 3.63) is 0 Å². The number of carbonyl (C=O) groups is 2. The first-order chi connectivity index (χ1) is 7.26. The highest BCUT2D eigenvalue weighted by molar-refractivity contribution is 5.77. The molecule has 0 unspecified atom stereocenters. The minimum atomic E-state index is -0.318. The van der Waals surface area contributed by atoms with Gasteiger partial charge in [0.15, 0.2) is 0 Å². The molecule has 0 aromatic carbocycles. The molecule has 0 heterocycles. The molecule has 0 aliphatic carbocycles. The molecule has 0 rings (SSSR count). The van der Waals surface area contributed by atoms with E-state index in [9.17, 15) is 9.59 Å². The lowest BCUT2D eigenvalue weighted by molar-refractivity contribution is -0.124. The minimum absolute atomic E-state index is 0.0225. The third kappa shape index (κ3) is 7.26. The molecule has 0 fully saturated rings. The van der Waals surface area contributed by atoms with Gasteiger partial charge in [-0.25, -0.2) is 0 Å². The van der Waals surface area contributed by atoms with E-state index < -0.39 is 0 Å². The van der Waals surface area contributed by atoms with Crippen molar-refractivity contribution in [3.8, 4) is 0 Å². The Morgan fingerprint density at radius 3 is 2.19 bits per heavy atom. The van der Waals surface area contributed by atoms with Gasteiger partial charge in [-0.15, -0.1) is 0 Å². The highest BCUT2D eigenvalue weighted by atomic mass is 16.2. The largest absolute Gasteiger partial charge is 0.354 e. The van der Waals surface area contributed by atoms with Gasteiger partial charge in [0.05, 0.1) is 0 Å². The van der Waals surface area contributed by atoms with Crippen molar-refractivity contribution >= 4 is 11.8 Å². The Balaban J connectivity index is 3.98. The van der Waals surface area contributed by atoms with E-state index in [0.717, 1.165) is 0 Å². The molecular formula is C12H24N2O2. The zero-order valence-electron chi connectivity index (χ0n) is 11.0. The van der Waals surface area contributed by atoms with Gasteiger partial charge in [-0.05, 0) is 34.1 Å². The summed E-state index contributed by atoms with van der Waals surface area (Å²) in [5.41, 5.74) is -0.318. The number of amides is 2. The number of carbonyl (C=O) groups excluding carboxylic acids is 2. The standard InChI is InChI=1S/C12H24N2O2/c1-6-10(15)14-12(4,5)8-7-11(16)13-9(2)3/h9H,6-8H2,1-5H3,(H,13,16)(H,14,15). The Labute approximate surface area is 98.2 Å². The Kier molecular flexibility index (Phi) is 6.08. The molecule has 4 nitrogen and oxygen atoms in total. The zero-order chi connectivity index (χ0) is 12.8. The molecule has 0 saturated heterocycles. The molecule has 0 radical (unpaired) electrons. The monoisotopic (exact) mass is 228 g/mol. The molecule has 16 heavy (non-hydrogen) atoms. The van der Waals surface area contributed by atoms with Gasteiger partial charge in [-0.1, -0.05) is 6.92 Å². The topological polar surface area (TPSA) is 58.2 Å². The quantitative estimate of drug-likeness (QED) is 0.725. The van der Waals surface area contributed by atoms with Gasteiger partial charge in [-0.3, -0.25) is 9.59 Å². The fraction of sp³-hybridized carbons (Fsp3) is 0.833. The van der Waals surface area contributed by atoms with Crippen LogP contribution in [0.15, 0.2) is 0 Å². The summed E-state index contributed by atoms with van der Waals surface area (Å²) >= 11 is 0. The van der Waals surface area contributed by atoms with Crippen molar-refractivity contribution in [2.45, 2.75) is 65.5 Å². The second kappa shape index (κ2) is 6.51. The van der Waals surface area contributed by atoms with Gasteiger partial charge in [0.1, 0.15) is 0 Å². The summed E-state index contributed by atoms with van der Waals surface area (Å²) in [5.74, 6) is 0.0584. The number of hydrogen-bond acceptors (Lipinski definition) is 2. The second-order valence-electron chi connectivity index (χ2n) is 5.01. The third-order valence-corrected chi connectivity index (χ3v) is 2.23. The number of rotatable bonds is 6. The molecule has 0 aromatic rings. The molecule has 2 amide bonds. The lowest BCUT2D eigenvalue weighted by atomic mass is 9.98. The highest BCUT2D eigenvalue weighted by Gasteiger charge is 2.20. The van der Waals surface area contributed by atoms with Crippen molar-refractivity contribution in [2.75, 3.05) is 0 Å². The third-order valence-electron chi connectivity index (χ3n) is 2.23. The van der Waals surface area contributed by atoms with Crippen LogP contribution >= 0.6 is 0 Å². The molecule has 2 N–H and O–H groups in total. The summed E-state index contributed by atoms with van der Waals surface area (Å²) in [4.78, 5) is 22.7. The smallest absolute Gasteiger partial charge is 0.220 e. The van der Waals surface area contributed by atoms with E-state index in [0.29, 0.717) is 19.3 Å². The molecule has 4 heteroatoms. The lowest BCUT2D eigenvalue weighted by Crippen LogP contribution is -2.44. The van der Waals surface area contributed by atoms with E-state index in [1.807, 2.05) is 34.6 Å². The molecule has 0 aliphatic heterocycles. The number of nitrogens with one attached hydrogen (secondary N) is 2. The normalized spacial score (nSPS) is 11.4. The predicted octanol–water partition coefficient (Wildman–Crippen LogP) is 1.60. The molecule has 0 atom stereocenters. The van der Waals surface area contributed by atoms with Crippen LogP contribution in [0.3, 0.4) is 0 Å². The van der Waals surface area contributed by atoms with Gasteiger partial charge in [0.2, 0.25) is 11.8 Å². The Bertz CT molecular complexity index is 247. The highest BCUT2D eigenvalue weighted by Crippen LogP contribution is 2.11. The molecule has 0 bridgehead atoms. The SMILES string of the molecule is CCC(=O)NC(C)(C)CCC(=O)NC(C)C. The van der Waals surface area contributed by atoms with Crippen LogP contribution < -0.4 is 10.6 Å². The van der Waals surface area contributed by atoms with Gasteiger partial charge in [0.25, 0.3) is 0 Å². The molecule has 0 spiro atoms. The minimum Gasteiger partial charge on any atom is -0.354 e. The van der Waals surface area contributed by atoms with E-state index in [1.165, 1.54) is 0 Å². The van der Waals surface area contributed by atoms with Crippen molar-refractivity contribution in [2.24, 2.45) is 0 Å². The zero-order valence-corrected chi connectivity index (χ0v) is 11.0. The van der Waals surface area contributed by atoms with Gasteiger partial charge in [0, 0.05) is 24.4 Å². The van der Waals surface area contributed by atoms with Gasteiger partial charge >= 0.3 is 0 Å². The summed E-state index contributed by atoms with van der Waals surface area (Å²) < 4.78 is 0. The van der Waals surface area contributed by atoms with Gasteiger partial charge in [-0.2, -0.15) is 0 Å². The first kappa shape index (κ1) is 14.9. The van der Waals surface area contributed by atoms with E-state index in [4.69, 9.17) is 0 Å². The van der Waals surface area contributed by atoms with Crippen LogP contribution in [-0.2, 0) is 9.59 Å². The Morgan fingerprint density at radius 1 is 1.19 bits per heavy atom. The first-order valence-electron chi connectivity index (χ1n) is 5.87. The van der Waals surface area contributed by atoms with Crippen LogP contribution in [0.5, 0.6) is 0 Å². The van der Waals surface area contributed by atoms with Crippen LogP contribution in [0.4, 0.5) is 0 Å². The fourth-order valence-corrected chi connectivity index (χ4v) is 1.35. The Hall–Kier alpha value is -1.06. The summed E-state index contributed by atoms with van der Waals surface area (Å²) in [6.45, 7) is 9.55. The van der Waals surface area contributed by atoms with Crippen molar-refractivity contribution in [3.63, 3.8) is 0 Å². The van der Waals surface area contributed by atoms with E-state index >= 15 is 0 Å². The predicted molar refractivity (Wildman–Crippen MR) is 65.0 cm³/mol. The van der Waals surface area contributed by atoms with E-state index in [2.05, 4.69) is 10.6 Å². The molecule has 94 valence electrons.